The lowest BCUT2D eigenvalue weighted by molar-refractivity contribution is 0.0680. The first-order valence-electron chi connectivity index (χ1n) is 10.5. The Balaban J connectivity index is 1.58. The summed E-state index contributed by atoms with van der Waals surface area (Å²) in [6.07, 6.45) is 5.98. The number of carboxylic acid groups (broad SMARTS) is 1. The van der Waals surface area contributed by atoms with Crippen LogP contribution in [0.25, 0.3) is 11.1 Å². The van der Waals surface area contributed by atoms with Gasteiger partial charge in [-0.2, -0.15) is 0 Å². The van der Waals surface area contributed by atoms with Crippen LogP contribution in [0.15, 0.2) is 77.3 Å². The van der Waals surface area contributed by atoms with E-state index in [1.54, 1.807) is 12.1 Å². The number of carboxylic acids is 1. The lowest BCUT2D eigenvalue weighted by Crippen LogP contribution is -2.46. The number of hydrogen-bond acceptors (Lipinski definition) is 5. The van der Waals surface area contributed by atoms with Gasteiger partial charge in [-0.1, -0.05) is 49.4 Å². The molecule has 1 N–H and O–H groups in total. The second-order valence-electron chi connectivity index (χ2n) is 8.09. The molecule has 0 aromatic heterocycles. The second kappa shape index (κ2) is 8.30. The maximum absolute atomic E-state index is 11.6. The minimum atomic E-state index is -0.910. The van der Waals surface area contributed by atoms with E-state index in [4.69, 9.17) is 4.99 Å². The Hall–Kier alpha value is -3.54. The highest BCUT2D eigenvalue weighted by atomic mass is 16.4. The number of aliphatic imine (C=N–C) groups is 1. The zero-order valence-electron chi connectivity index (χ0n) is 18.4. The fourth-order valence-electron chi connectivity index (χ4n) is 4.21. The lowest BCUT2D eigenvalue weighted by atomic mass is 9.96. The van der Waals surface area contributed by atoms with Crippen molar-refractivity contribution in [1.82, 2.24) is 14.9 Å². The van der Waals surface area contributed by atoms with E-state index in [1.165, 1.54) is 11.3 Å². The number of allylic oxidation sites excluding steroid dienone is 1. The summed E-state index contributed by atoms with van der Waals surface area (Å²) in [5.74, 6) is 0.0644. The first-order valence-corrected chi connectivity index (χ1v) is 10.5. The van der Waals surface area contributed by atoms with Crippen molar-refractivity contribution in [2.75, 3.05) is 21.1 Å². The Kier molecular flexibility index (Phi) is 5.55. The SMILES string of the molecule is CCC1=NC2=CC(N(C)C)=CN(C)N2C1Cc1ccc(-c2ccccc2C(=O)O)cc1. The van der Waals surface area contributed by atoms with E-state index in [2.05, 4.69) is 53.3 Å². The van der Waals surface area contributed by atoms with Gasteiger partial charge in [0.2, 0.25) is 0 Å². The highest BCUT2D eigenvalue weighted by Crippen LogP contribution is 2.32. The van der Waals surface area contributed by atoms with Gasteiger partial charge in [0, 0.05) is 45.6 Å². The number of benzene rings is 2. The van der Waals surface area contributed by atoms with Crippen LogP contribution in [-0.2, 0) is 6.42 Å². The number of fused-ring (bicyclic) bond motifs is 1. The van der Waals surface area contributed by atoms with Crippen molar-refractivity contribution in [3.05, 3.63) is 83.5 Å². The molecule has 31 heavy (non-hydrogen) atoms. The monoisotopic (exact) mass is 416 g/mol. The van der Waals surface area contributed by atoms with Gasteiger partial charge in [-0.05, 0) is 29.2 Å². The van der Waals surface area contributed by atoms with Crippen molar-refractivity contribution in [2.24, 2.45) is 4.99 Å². The van der Waals surface area contributed by atoms with Crippen molar-refractivity contribution in [3.8, 4) is 11.1 Å². The van der Waals surface area contributed by atoms with E-state index in [0.717, 1.165) is 35.5 Å². The molecular weight excluding hydrogens is 388 g/mol. The quantitative estimate of drug-likeness (QED) is 0.764. The molecule has 0 aliphatic carbocycles. The molecule has 4 rings (SSSR count). The van der Waals surface area contributed by atoms with Crippen LogP contribution < -0.4 is 0 Å². The van der Waals surface area contributed by atoms with Gasteiger partial charge in [0.05, 0.1) is 17.3 Å². The second-order valence-corrected chi connectivity index (χ2v) is 8.09. The lowest BCUT2D eigenvalue weighted by Gasteiger charge is -2.38. The summed E-state index contributed by atoms with van der Waals surface area (Å²) in [4.78, 5) is 18.6. The largest absolute Gasteiger partial charge is 0.478 e. The van der Waals surface area contributed by atoms with E-state index in [9.17, 15) is 9.90 Å². The number of carbonyl (C=O) groups is 1. The molecule has 0 saturated heterocycles. The Bertz CT molecular complexity index is 1080. The van der Waals surface area contributed by atoms with Crippen LogP contribution in [0.1, 0.15) is 29.3 Å². The highest BCUT2D eigenvalue weighted by molar-refractivity contribution is 5.96. The summed E-state index contributed by atoms with van der Waals surface area (Å²) in [5.41, 5.74) is 5.45. The Morgan fingerprint density at radius 3 is 2.48 bits per heavy atom. The summed E-state index contributed by atoms with van der Waals surface area (Å²) in [5, 5.41) is 13.9. The van der Waals surface area contributed by atoms with Gasteiger partial charge in [-0.15, -0.1) is 0 Å². The molecule has 1 unspecified atom stereocenters. The molecule has 0 fully saturated rings. The summed E-state index contributed by atoms with van der Waals surface area (Å²) < 4.78 is 0. The predicted molar refractivity (Wildman–Crippen MR) is 124 cm³/mol. The van der Waals surface area contributed by atoms with E-state index in [0.29, 0.717) is 5.56 Å². The number of aromatic carboxylic acids is 1. The standard InChI is InChI=1S/C25H28N4O2/c1-5-22-23(29-24(26-22)15-19(27(2)3)16-28(29)4)14-17-10-12-18(13-11-17)20-8-6-7-9-21(20)25(30)31/h6-13,15-16,23H,5,14H2,1-4H3,(H,30,31). The van der Waals surface area contributed by atoms with Crippen molar-refractivity contribution in [3.63, 3.8) is 0 Å². The van der Waals surface area contributed by atoms with Crippen molar-refractivity contribution >= 4 is 11.7 Å². The summed E-state index contributed by atoms with van der Waals surface area (Å²) in [7, 11) is 6.13. The zero-order valence-corrected chi connectivity index (χ0v) is 18.4. The van der Waals surface area contributed by atoms with Crippen LogP contribution in [0.5, 0.6) is 0 Å². The Labute approximate surface area is 183 Å². The summed E-state index contributed by atoms with van der Waals surface area (Å²) >= 11 is 0. The van der Waals surface area contributed by atoms with E-state index in [1.807, 2.05) is 38.4 Å². The third-order valence-corrected chi connectivity index (χ3v) is 5.84. The van der Waals surface area contributed by atoms with Crippen LogP contribution >= 0.6 is 0 Å². The van der Waals surface area contributed by atoms with Gasteiger partial charge in [0.1, 0.15) is 5.82 Å². The molecule has 2 heterocycles. The van der Waals surface area contributed by atoms with Crippen LogP contribution in [0.3, 0.4) is 0 Å². The van der Waals surface area contributed by atoms with E-state index >= 15 is 0 Å². The average molecular weight is 417 g/mol. The van der Waals surface area contributed by atoms with Gasteiger partial charge < -0.3 is 10.0 Å². The maximum Gasteiger partial charge on any atom is 0.336 e. The molecule has 2 aromatic rings. The predicted octanol–water partition coefficient (Wildman–Crippen LogP) is 4.23. The Morgan fingerprint density at radius 1 is 1.13 bits per heavy atom. The zero-order chi connectivity index (χ0) is 22.1. The molecule has 6 nitrogen and oxygen atoms in total. The number of hydrazine groups is 1. The van der Waals surface area contributed by atoms with Gasteiger partial charge in [0.25, 0.3) is 0 Å². The number of nitrogens with zero attached hydrogens (tertiary/aromatic N) is 4. The van der Waals surface area contributed by atoms with Gasteiger partial charge in [-0.3, -0.25) is 10.0 Å². The molecule has 1 atom stereocenters. The first kappa shape index (κ1) is 20.7. The molecule has 2 aliphatic heterocycles. The summed E-state index contributed by atoms with van der Waals surface area (Å²) in [6.45, 7) is 2.15. The van der Waals surface area contributed by atoms with E-state index < -0.39 is 5.97 Å². The van der Waals surface area contributed by atoms with Gasteiger partial charge in [0.15, 0.2) is 0 Å². The molecule has 0 saturated carbocycles. The highest BCUT2D eigenvalue weighted by Gasteiger charge is 2.35. The average Bonchev–Trinajstić information content (AvgIpc) is 3.12. The number of rotatable bonds is 6. The third kappa shape index (κ3) is 3.93. The molecular formula is C25H28N4O2. The van der Waals surface area contributed by atoms with Crippen LogP contribution in [0.2, 0.25) is 0 Å². The summed E-state index contributed by atoms with van der Waals surface area (Å²) in [6, 6.07) is 15.5. The third-order valence-electron chi connectivity index (χ3n) is 5.84. The molecule has 0 spiro atoms. The van der Waals surface area contributed by atoms with Crippen molar-refractivity contribution in [1.29, 1.82) is 0 Å². The van der Waals surface area contributed by atoms with Crippen molar-refractivity contribution in [2.45, 2.75) is 25.8 Å². The normalized spacial score (nSPS) is 17.7. The fourth-order valence-corrected chi connectivity index (χ4v) is 4.21. The molecule has 6 heteroatoms. The van der Waals surface area contributed by atoms with Crippen molar-refractivity contribution < 1.29 is 9.90 Å². The molecule has 0 radical (unpaired) electrons. The number of likely N-dealkylation sites (N-methyl/N-ethyl adjacent to an activating group) is 1. The first-order chi connectivity index (χ1) is 14.9. The Morgan fingerprint density at radius 2 is 1.84 bits per heavy atom. The van der Waals surface area contributed by atoms with Crippen LogP contribution in [0.4, 0.5) is 0 Å². The molecule has 0 amide bonds. The molecule has 0 bridgehead atoms. The van der Waals surface area contributed by atoms with Gasteiger partial charge >= 0.3 is 5.97 Å². The number of hydrogen-bond donors (Lipinski definition) is 1. The fraction of sp³-hybridized carbons (Fsp3) is 0.280. The van der Waals surface area contributed by atoms with Gasteiger partial charge in [-0.25, -0.2) is 9.79 Å². The molecule has 2 aliphatic rings. The minimum Gasteiger partial charge on any atom is -0.478 e. The molecule has 160 valence electrons. The van der Waals surface area contributed by atoms with Crippen LogP contribution in [0, 0.1) is 0 Å². The molecule has 2 aromatic carbocycles. The maximum atomic E-state index is 11.6. The topological polar surface area (TPSA) is 59.4 Å². The smallest absolute Gasteiger partial charge is 0.336 e. The van der Waals surface area contributed by atoms with E-state index in [-0.39, 0.29) is 6.04 Å². The minimum absolute atomic E-state index is 0.165. The van der Waals surface area contributed by atoms with Crippen LogP contribution in [-0.4, -0.2) is 58.9 Å².